The Morgan fingerprint density at radius 1 is 1.23 bits per heavy atom. The number of hydrogen-bond acceptors (Lipinski definition) is 7. The van der Waals surface area contributed by atoms with Gasteiger partial charge in [-0.25, -0.2) is 4.79 Å². The molecule has 0 radical (unpaired) electrons. The van der Waals surface area contributed by atoms with Crippen LogP contribution < -0.4 is 15.5 Å². The van der Waals surface area contributed by atoms with Crippen molar-refractivity contribution in [1.29, 1.82) is 0 Å². The maximum atomic E-state index is 13.0. The smallest absolute Gasteiger partial charge is 0.344 e. The highest BCUT2D eigenvalue weighted by Crippen LogP contribution is 2.30. The van der Waals surface area contributed by atoms with Crippen LogP contribution in [0.4, 0.5) is 4.79 Å². The Balaban J connectivity index is 1.64. The van der Waals surface area contributed by atoms with Gasteiger partial charge < -0.3 is 14.8 Å². The van der Waals surface area contributed by atoms with Crippen molar-refractivity contribution in [3.05, 3.63) is 29.8 Å². The van der Waals surface area contributed by atoms with Gasteiger partial charge in [-0.05, 0) is 50.3 Å². The first-order valence-electron chi connectivity index (χ1n) is 10.3. The second kappa shape index (κ2) is 9.34. The van der Waals surface area contributed by atoms with Crippen LogP contribution in [0.5, 0.6) is 5.75 Å². The zero-order valence-corrected chi connectivity index (χ0v) is 18.0. The molecule has 1 heterocycles. The van der Waals surface area contributed by atoms with E-state index >= 15 is 0 Å². The Bertz CT molecular complexity index is 854. The van der Waals surface area contributed by atoms with Crippen molar-refractivity contribution in [2.24, 2.45) is 5.92 Å². The molecule has 168 valence electrons. The summed E-state index contributed by atoms with van der Waals surface area (Å²) >= 11 is 0. The molecule has 0 aromatic heterocycles. The zero-order valence-electron chi connectivity index (χ0n) is 18.0. The molecule has 31 heavy (non-hydrogen) atoms. The summed E-state index contributed by atoms with van der Waals surface area (Å²) in [7, 11) is 1.53. The number of imide groups is 1. The lowest BCUT2D eigenvalue weighted by Crippen LogP contribution is -2.51. The Labute approximate surface area is 180 Å². The molecule has 1 unspecified atom stereocenters. The predicted octanol–water partition coefficient (Wildman–Crippen LogP) is 0.769. The number of nitrogens with zero attached hydrogens (tertiary/aromatic N) is 2. The van der Waals surface area contributed by atoms with Gasteiger partial charge in [-0.1, -0.05) is 12.1 Å². The molecule has 2 aliphatic rings. The second-order valence-corrected chi connectivity index (χ2v) is 7.88. The first-order valence-corrected chi connectivity index (χ1v) is 10.3. The largest absolute Gasteiger partial charge is 0.497 e. The summed E-state index contributed by atoms with van der Waals surface area (Å²) in [5.74, 6) is -0.524. The highest BCUT2D eigenvalue weighted by molar-refractivity contribution is 6.08. The average Bonchev–Trinajstić information content (AvgIpc) is 3.51. The van der Waals surface area contributed by atoms with E-state index in [4.69, 9.17) is 9.47 Å². The van der Waals surface area contributed by atoms with Gasteiger partial charge in [0.05, 0.1) is 26.8 Å². The SMILES string of the molecule is CCOC(=O)CN(CC(=O)NN1C(=O)NC(C)(c2ccc(OC)cc2)C1=O)CC1CC1. The number of urea groups is 1. The highest BCUT2D eigenvalue weighted by Gasteiger charge is 2.50. The quantitative estimate of drug-likeness (QED) is 0.414. The number of benzene rings is 1. The van der Waals surface area contributed by atoms with Crippen molar-refractivity contribution in [2.45, 2.75) is 32.2 Å². The minimum atomic E-state index is -1.32. The molecule has 1 atom stereocenters. The summed E-state index contributed by atoms with van der Waals surface area (Å²) in [4.78, 5) is 51.5. The molecule has 4 amide bonds. The van der Waals surface area contributed by atoms with E-state index in [2.05, 4.69) is 10.7 Å². The first-order chi connectivity index (χ1) is 14.8. The topological polar surface area (TPSA) is 117 Å². The van der Waals surface area contributed by atoms with Crippen LogP contribution in [0.15, 0.2) is 24.3 Å². The lowest BCUT2D eigenvalue weighted by molar-refractivity contribution is -0.145. The molecular weight excluding hydrogens is 404 g/mol. The Morgan fingerprint density at radius 3 is 2.48 bits per heavy atom. The van der Waals surface area contributed by atoms with Gasteiger partial charge in [0, 0.05) is 6.54 Å². The summed E-state index contributed by atoms with van der Waals surface area (Å²) in [6.45, 7) is 3.96. The molecule has 1 saturated heterocycles. The standard InChI is InChI=1S/C21H28N4O6/c1-4-31-18(27)13-24(11-14-5-6-14)12-17(26)23-25-19(28)21(2,22-20(25)29)15-7-9-16(30-3)10-8-15/h7-10,14H,4-6,11-13H2,1-3H3,(H,22,29)(H,23,26). The second-order valence-electron chi connectivity index (χ2n) is 7.88. The van der Waals surface area contributed by atoms with E-state index in [1.165, 1.54) is 7.11 Å². The summed E-state index contributed by atoms with van der Waals surface area (Å²) in [5.41, 5.74) is 1.60. The van der Waals surface area contributed by atoms with Crippen LogP contribution in [0, 0.1) is 5.92 Å². The van der Waals surface area contributed by atoms with Crippen molar-refractivity contribution in [2.75, 3.05) is 33.4 Å². The molecule has 1 aromatic rings. The van der Waals surface area contributed by atoms with Crippen LogP contribution in [0.2, 0.25) is 0 Å². The molecule has 3 rings (SSSR count). The molecule has 10 heteroatoms. The van der Waals surface area contributed by atoms with Crippen LogP contribution >= 0.6 is 0 Å². The van der Waals surface area contributed by atoms with Crippen LogP contribution in [0.3, 0.4) is 0 Å². The van der Waals surface area contributed by atoms with E-state index in [-0.39, 0.29) is 19.7 Å². The number of esters is 1. The number of nitrogens with one attached hydrogen (secondary N) is 2. The molecular formula is C21H28N4O6. The van der Waals surface area contributed by atoms with E-state index in [9.17, 15) is 19.2 Å². The van der Waals surface area contributed by atoms with Gasteiger partial charge in [0.25, 0.3) is 11.8 Å². The third kappa shape index (κ3) is 5.32. The van der Waals surface area contributed by atoms with Gasteiger partial charge in [0.15, 0.2) is 0 Å². The fourth-order valence-electron chi connectivity index (χ4n) is 3.46. The van der Waals surface area contributed by atoms with Crippen molar-refractivity contribution < 1.29 is 28.7 Å². The molecule has 1 aliphatic heterocycles. The minimum Gasteiger partial charge on any atom is -0.497 e. The van der Waals surface area contributed by atoms with Gasteiger partial charge >= 0.3 is 12.0 Å². The van der Waals surface area contributed by atoms with Gasteiger partial charge in [-0.2, -0.15) is 5.01 Å². The van der Waals surface area contributed by atoms with E-state index in [0.717, 1.165) is 12.8 Å². The molecule has 1 aliphatic carbocycles. The average molecular weight is 432 g/mol. The van der Waals surface area contributed by atoms with Crippen molar-refractivity contribution in [3.63, 3.8) is 0 Å². The summed E-state index contributed by atoms with van der Waals surface area (Å²) in [6, 6.07) is 6.01. The van der Waals surface area contributed by atoms with E-state index in [1.54, 1.807) is 43.0 Å². The van der Waals surface area contributed by atoms with Gasteiger partial charge in [-0.15, -0.1) is 0 Å². The molecule has 1 aromatic carbocycles. The molecule has 1 saturated carbocycles. The number of hydrazine groups is 1. The van der Waals surface area contributed by atoms with Crippen molar-refractivity contribution in [3.8, 4) is 5.75 Å². The number of methoxy groups -OCH3 is 1. The van der Waals surface area contributed by atoms with Crippen molar-refractivity contribution in [1.82, 2.24) is 20.7 Å². The first kappa shape index (κ1) is 22.5. The third-order valence-electron chi connectivity index (χ3n) is 5.33. The van der Waals surface area contributed by atoms with E-state index in [1.807, 2.05) is 0 Å². The summed E-state index contributed by atoms with van der Waals surface area (Å²) < 4.78 is 10.1. The minimum absolute atomic E-state index is 0.0263. The number of carbonyl (C=O) groups excluding carboxylic acids is 4. The Hall–Kier alpha value is -3.14. The Kier molecular flexibility index (Phi) is 6.79. The molecule has 10 nitrogen and oxygen atoms in total. The summed E-state index contributed by atoms with van der Waals surface area (Å²) in [5, 5.41) is 3.31. The number of rotatable bonds is 10. The molecule has 2 fully saturated rings. The third-order valence-corrected chi connectivity index (χ3v) is 5.33. The highest BCUT2D eigenvalue weighted by atomic mass is 16.5. The number of carbonyl (C=O) groups is 4. The lowest BCUT2D eigenvalue weighted by atomic mass is 9.92. The van der Waals surface area contributed by atoms with Crippen LogP contribution in [-0.2, 0) is 24.7 Å². The van der Waals surface area contributed by atoms with E-state index in [0.29, 0.717) is 28.8 Å². The fourth-order valence-corrected chi connectivity index (χ4v) is 3.46. The van der Waals surface area contributed by atoms with E-state index < -0.39 is 29.4 Å². The maximum absolute atomic E-state index is 13.0. The number of amides is 4. The van der Waals surface area contributed by atoms with Gasteiger partial charge in [-0.3, -0.25) is 24.7 Å². The maximum Gasteiger partial charge on any atom is 0.344 e. The van der Waals surface area contributed by atoms with Crippen LogP contribution in [0.1, 0.15) is 32.3 Å². The van der Waals surface area contributed by atoms with Crippen molar-refractivity contribution >= 4 is 23.8 Å². The lowest BCUT2D eigenvalue weighted by Gasteiger charge is -2.24. The van der Waals surface area contributed by atoms with Gasteiger partial charge in [0.2, 0.25) is 0 Å². The molecule has 2 N–H and O–H groups in total. The zero-order chi connectivity index (χ0) is 22.6. The van der Waals surface area contributed by atoms with Crippen LogP contribution in [0.25, 0.3) is 0 Å². The molecule has 0 bridgehead atoms. The summed E-state index contributed by atoms with van der Waals surface area (Å²) in [6.07, 6.45) is 2.10. The fraction of sp³-hybridized carbons (Fsp3) is 0.524. The number of ether oxygens (including phenoxy) is 2. The normalized spacial score (nSPS) is 20.6. The number of hydrogen-bond donors (Lipinski definition) is 2. The monoisotopic (exact) mass is 432 g/mol. The van der Waals surface area contributed by atoms with Crippen LogP contribution in [-0.4, -0.2) is 67.1 Å². The van der Waals surface area contributed by atoms with Gasteiger partial charge in [0.1, 0.15) is 11.3 Å². The molecule has 0 spiro atoms. The predicted molar refractivity (Wildman–Crippen MR) is 110 cm³/mol. The Morgan fingerprint density at radius 2 is 1.90 bits per heavy atom.